The Morgan fingerprint density at radius 3 is 2.62 bits per heavy atom. The Balaban J connectivity index is 1.82. The Morgan fingerprint density at radius 2 is 1.96 bits per heavy atom. The third kappa shape index (κ3) is 6.42. The van der Waals surface area contributed by atoms with Gasteiger partial charge in [0.1, 0.15) is 0 Å². The predicted octanol–water partition coefficient (Wildman–Crippen LogP) is 3.61. The second-order valence-electron chi connectivity index (χ2n) is 6.03. The van der Waals surface area contributed by atoms with Gasteiger partial charge in [0.15, 0.2) is 5.96 Å². The summed E-state index contributed by atoms with van der Waals surface area (Å²) in [6, 6.07) is 9.80. The van der Waals surface area contributed by atoms with Gasteiger partial charge in [-0.1, -0.05) is 18.2 Å². The van der Waals surface area contributed by atoms with Gasteiger partial charge >= 0.3 is 6.18 Å². The predicted molar refractivity (Wildman–Crippen MR) is 96.3 cm³/mol. The summed E-state index contributed by atoms with van der Waals surface area (Å²) in [6.45, 7) is 1.05. The highest BCUT2D eigenvalue weighted by Gasteiger charge is 2.25. The van der Waals surface area contributed by atoms with Crippen molar-refractivity contribution in [3.05, 3.63) is 48.3 Å². The van der Waals surface area contributed by atoms with Crippen molar-refractivity contribution in [2.45, 2.75) is 32.0 Å². The van der Waals surface area contributed by atoms with Crippen molar-refractivity contribution in [1.29, 1.82) is 0 Å². The molecule has 0 aliphatic carbocycles. The molecule has 2 rings (SSSR count). The first-order valence-electron chi connectivity index (χ1n) is 8.46. The Kier molecular flexibility index (Phi) is 7.06. The Morgan fingerprint density at radius 1 is 1.23 bits per heavy atom. The molecule has 0 fully saturated rings. The van der Waals surface area contributed by atoms with E-state index in [1.807, 2.05) is 48.5 Å². The first kappa shape index (κ1) is 19.8. The number of unbranched alkanes of at least 4 members (excludes halogenated alkanes) is 1. The van der Waals surface area contributed by atoms with Crippen LogP contribution in [0, 0.1) is 0 Å². The highest BCUT2D eigenvalue weighted by atomic mass is 19.4. The van der Waals surface area contributed by atoms with Crippen molar-refractivity contribution >= 4 is 5.96 Å². The van der Waals surface area contributed by atoms with Crippen LogP contribution in [0.25, 0.3) is 5.69 Å². The van der Waals surface area contributed by atoms with Crippen molar-refractivity contribution in [2.75, 3.05) is 20.6 Å². The van der Waals surface area contributed by atoms with Crippen molar-refractivity contribution < 1.29 is 13.2 Å². The van der Waals surface area contributed by atoms with Crippen LogP contribution < -0.4 is 5.32 Å². The number of aromatic nitrogens is 2. The summed E-state index contributed by atoms with van der Waals surface area (Å²) < 4.78 is 38.2. The Bertz CT molecular complexity index is 694. The molecule has 26 heavy (non-hydrogen) atoms. The van der Waals surface area contributed by atoms with Gasteiger partial charge in [-0.25, -0.2) is 4.68 Å². The second kappa shape index (κ2) is 9.26. The van der Waals surface area contributed by atoms with Crippen LogP contribution in [0.15, 0.2) is 47.7 Å². The fourth-order valence-corrected chi connectivity index (χ4v) is 2.55. The van der Waals surface area contributed by atoms with Gasteiger partial charge in [0.2, 0.25) is 0 Å². The molecule has 0 radical (unpaired) electrons. The van der Waals surface area contributed by atoms with Gasteiger partial charge in [0.05, 0.1) is 11.9 Å². The summed E-state index contributed by atoms with van der Waals surface area (Å²) in [5, 5.41) is 7.45. The molecule has 8 heteroatoms. The quantitative estimate of drug-likeness (QED) is 0.462. The zero-order chi connectivity index (χ0) is 19.0. The topological polar surface area (TPSA) is 45.5 Å². The molecule has 0 saturated carbocycles. The molecule has 1 aromatic heterocycles. The first-order valence-corrected chi connectivity index (χ1v) is 8.46. The van der Waals surface area contributed by atoms with Crippen molar-refractivity contribution in [3.63, 3.8) is 0 Å². The SMILES string of the molecule is CN=C(NCCCCC(F)(F)F)N(C)Cc1cnn(-c2ccccc2)c1. The number of para-hydroxylation sites is 1. The van der Waals surface area contributed by atoms with E-state index in [1.54, 1.807) is 17.9 Å². The molecule has 0 unspecified atom stereocenters. The van der Waals surface area contributed by atoms with Crippen LogP contribution in [0.1, 0.15) is 24.8 Å². The number of alkyl halides is 3. The third-order valence-electron chi connectivity index (χ3n) is 3.82. The van der Waals surface area contributed by atoms with Crippen LogP contribution >= 0.6 is 0 Å². The van der Waals surface area contributed by atoms with Crippen molar-refractivity contribution in [1.82, 2.24) is 20.0 Å². The lowest BCUT2D eigenvalue weighted by molar-refractivity contribution is -0.135. The van der Waals surface area contributed by atoms with Crippen LogP contribution in [0.2, 0.25) is 0 Å². The fraction of sp³-hybridized carbons (Fsp3) is 0.444. The van der Waals surface area contributed by atoms with E-state index < -0.39 is 12.6 Å². The molecule has 1 heterocycles. The molecule has 0 saturated heterocycles. The molecule has 2 aromatic rings. The number of nitrogens with one attached hydrogen (secondary N) is 1. The van der Waals surface area contributed by atoms with Crippen molar-refractivity contribution in [3.8, 4) is 5.69 Å². The normalized spacial score (nSPS) is 12.3. The largest absolute Gasteiger partial charge is 0.389 e. The maximum Gasteiger partial charge on any atom is 0.389 e. The average Bonchev–Trinajstić information content (AvgIpc) is 3.06. The van der Waals surface area contributed by atoms with E-state index >= 15 is 0 Å². The number of rotatable bonds is 7. The molecule has 0 aliphatic rings. The highest BCUT2D eigenvalue weighted by molar-refractivity contribution is 5.79. The summed E-state index contributed by atoms with van der Waals surface area (Å²) in [5.74, 6) is 0.643. The molecule has 0 aliphatic heterocycles. The lowest BCUT2D eigenvalue weighted by Crippen LogP contribution is -2.38. The van der Waals surface area contributed by atoms with Gasteiger partial charge in [-0.2, -0.15) is 18.3 Å². The van der Waals surface area contributed by atoms with Crippen LogP contribution in [-0.4, -0.2) is 47.5 Å². The van der Waals surface area contributed by atoms with E-state index in [4.69, 9.17) is 0 Å². The van der Waals surface area contributed by atoms with E-state index in [0.29, 0.717) is 25.5 Å². The molecule has 0 spiro atoms. The second-order valence-corrected chi connectivity index (χ2v) is 6.03. The maximum absolute atomic E-state index is 12.1. The summed E-state index contributed by atoms with van der Waals surface area (Å²) >= 11 is 0. The van der Waals surface area contributed by atoms with Crippen molar-refractivity contribution in [2.24, 2.45) is 4.99 Å². The average molecular weight is 367 g/mol. The summed E-state index contributed by atoms with van der Waals surface area (Å²) in [4.78, 5) is 6.09. The minimum Gasteiger partial charge on any atom is -0.356 e. The monoisotopic (exact) mass is 367 g/mol. The fourth-order valence-electron chi connectivity index (χ4n) is 2.55. The lowest BCUT2D eigenvalue weighted by atomic mass is 10.2. The molecule has 0 amide bonds. The summed E-state index contributed by atoms with van der Waals surface area (Å²) in [5.41, 5.74) is 1.99. The number of aliphatic imine (C=N–C) groups is 1. The third-order valence-corrected chi connectivity index (χ3v) is 3.82. The van der Waals surface area contributed by atoms with E-state index in [1.165, 1.54) is 0 Å². The van der Waals surface area contributed by atoms with Gasteiger partial charge in [-0.15, -0.1) is 0 Å². The number of guanidine groups is 1. The maximum atomic E-state index is 12.1. The van der Waals surface area contributed by atoms with Gasteiger partial charge in [-0.05, 0) is 25.0 Å². The van der Waals surface area contributed by atoms with E-state index in [9.17, 15) is 13.2 Å². The first-order chi connectivity index (χ1) is 12.4. The molecule has 1 aromatic carbocycles. The van der Waals surface area contributed by atoms with E-state index in [2.05, 4.69) is 15.4 Å². The Labute approximate surface area is 151 Å². The molecule has 142 valence electrons. The number of hydrogen-bond acceptors (Lipinski definition) is 2. The lowest BCUT2D eigenvalue weighted by Gasteiger charge is -2.21. The van der Waals surface area contributed by atoms with Gasteiger partial charge in [0.25, 0.3) is 0 Å². The zero-order valence-corrected chi connectivity index (χ0v) is 15.0. The molecular weight excluding hydrogens is 343 g/mol. The van der Waals surface area contributed by atoms with Crippen LogP contribution in [0.3, 0.4) is 0 Å². The standard InChI is InChI=1S/C18H24F3N5/c1-22-17(23-11-7-6-10-18(19,20)21)25(2)13-15-12-24-26(14-15)16-8-4-3-5-9-16/h3-5,8-9,12,14H,6-7,10-11,13H2,1-2H3,(H,22,23). The van der Waals surface area contributed by atoms with E-state index in [0.717, 1.165) is 11.3 Å². The number of hydrogen-bond donors (Lipinski definition) is 1. The van der Waals surface area contributed by atoms with Crippen LogP contribution in [-0.2, 0) is 6.54 Å². The van der Waals surface area contributed by atoms with Crippen LogP contribution in [0.5, 0.6) is 0 Å². The summed E-state index contributed by atoms with van der Waals surface area (Å²) in [7, 11) is 3.53. The molecule has 1 N–H and O–H groups in total. The van der Waals surface area contributed by atoms with Gasteiger partial charge in [-0.3, -0.25) is 4.99 Å². The number of nitrogens with zero attached hydrogens (tertiary/aromatic N) is 4. The van der Waals surface area contributed by atoms with Crippen LogP contribution in [0.4, 0.5) is 13.2 Å². The minimum absolute atomic E-state index is 0.112. The summed E-state index contributed by atoms with van der Waals surface area (Å²) in [6.07, 6.45) is -0.541. The minimum atomic E-state index is -4.09. The molecule has 0 atom stereocenters. The Hall–Kier alpha value is -2.51. The van der Waals surface area contributed by atoms with Gasteiger partial charge in [0, 0.05) is 45.4 Å². The zero-order valence-electron chi connectivity index (χ0n) is 15.0. The number of halogens is 3. The number of benzene rings is 1. The smallest absolute Gasteiger partial charge is 0.356 e. The molecule has 0 bridgehead atoms. The molecular formula is C18H24F3N5. The molecule has 5 nitrogen and oxygen atoms in total. The van der Waals surface area contributed by atoms with Gasteiger partial charge < -0.3 is 10.2 Å². The highest BCUT2D eigenvalue weighted by Crippen LogP contribution is 2.21. The van der Waals surface area contributed by atoms with E-state index in [-0.39, 0.29) is 6.42 Å².